The molecule has 34 heavy (non-hydrogen) atoms. The number of nitrogens with zero attached hydrogens (tertiary/aromatic N) is 1. The van der Waals surface area contributed by atoms with Gasteiger partial charge in [0.25, 0.3) is 5.91 Å². The summed E-state index contributed by atoms with van der Waals surface area (Å²) in [5.41, 5.74) is 5.32. The molecule has 2 amide bonds. The number of hydrogen-bond acceptors (Lipinski definition) is 7. The number of benzene rings is 2. The second-order valence-electron chi connectivity index (χ2n) is 7.50. The number of hydrogen-bond donors (Lipinski definition) is 3. The molecule has 1 aliphatic heterocycles. The fourth-order valence-electron chi connectivity index (χ4n) is 3.67. The first kappa shape index (κ1) is 23.4. The maximum Gasteiger partial charge on any atom is 0.256 e. The van der Waals surface area contributed by atoms with Gasteiger partial charge >= 0.3 is 0 Å². The number of ether oxygens (including phenoxy) is 2. The molecule has 1 aromatic heterocycles. The molecule has 0 unspecified atom stereocenters. The highest BCUT2D eigenvalue weighted by atomic mass is 32.2. The van der Waals surface area contributed by atoms with Crippen LogP contribution in [0, 0.1) is 0 Å². The molecule has 0 saturated carbocycles. The number of nitrogens with two attached hydrogens (primary N) is 1. The molecular weight excluding hydrogens is 464 g/mol. The molecule has 3 aromatic rings. The second-order valence-corrected chi connectivity index (χ2v) is 9.44. The summed E-state index contributed by atoms with van der Waals surface area (Å²) in [4.78, 5) is 39.5. The maximum absolute atomic E-state index is 13.2. The Morgan fingerprint density at radius 2 is 1.85 bits per heavy atom. The lowest BCUT2D eigenvalue weighted by atomic mass is 10.1. The fourth-order valence-corrected chi connectivity index (χ4v) is 5.10. The number of primary amides is 1. The SMILES string of the molecule is COc1ccc(C(N)=O)cc1NC(=O)c1cc(=O)[nH]c2ccc(S(=O)(=O)N3CCOCC3)cc12. The van der Waals surface area contributed by atoms with Crippen LogP contribution >= 0.6 is 0 Å². The molecule has 0 aliphatic carbocycles. The van der Waals surface area contributed by atoms with Gasteiger partial charge < -0.3 is 25.5 Å². The van der Waals surface area contributed by atoms with Crippen LogP contribution < -0.4 is 21.3 Å². The molecule has 1 fully saturated rings. The van der Waals surface area contributed by atoms with E-state index in [0.29, 0.717) is 13.2 Å². The topological polar surface area (TPSA) is 161 Å². The number of carbonyl (C=O) groups is 2. The Hall–Kier alpha value is -3.74. The predicted octanol–water partition coefficient (Wildman–Crippen LogP) is 0.909. The lowest BCUT2D eigenvalue weighted by Gasteiger charge is -2.26. The summed E-state index contributed by atoms with van der Waals surface area (Å²) >= 11 is 0. The number of aromatic nitrogens is 1. The van der Waals surface area contributed by atoms with Crippen molar-refractivity contribution in [2.24, 2.45) is 5.73 Å². The first-order valence-electron chi connectivity index (χ1n) is 10.2. The van der Waals surface area contributed by atoms with Gasteiger partial charge in [0.1, 0.15) is 5.75 Å². The average molecular weight is 487 g/mol. The monoisotopic (exact) mass is 486 g/mol. The van der Waals surface area contributed by atoms with E-state index < -0.39 is 27.4 Å². The molecule has 0 spiro atoms. The third-order valence-electron chi connectivity index (χ3n) is 5.40. The number of fused-ring (bicyclic) bond motifs is 1. The summed E-state index contributed by atoms with van der Waals surface area (Å²) in [5, 5.41) is 2.85. The number of rotatable bonds is 6. The average Bonchev–Trinajstić information content (AvgIpc) is 2.83. The Balaban J connectivity index is 1.77. The van der Waals surface area contributed by atoms with E-state index in [2.05, 4.69) is 10.3 Å². The molecule has 178 valence electrons. The highest BCUT2D eigenvalue weighted by molar-refractivity contribution is 7.89. The van der Waals surface area contributed by atoms with Crippen molar-refractivity contribution in [2.75, 3.05) is 38.7 Å². The van der Waals surface area contributed by atoms with Gasteiger partial charge in [-0.1, -0.05) is 0 Å². The van der Waals surface area contributed by atoms with Gasteiger partial charge in [-0.05, 0) is 36.4 Å². The van der Waals surface area contributed by atoms with Gasteiger partial charge in [-0.2, -0.15) is 4.31 Å². The molecule has 1 saturated heterocycles. The van der Waals surface area contributed by atoms with Crippen molar-refractivity contribution < 1.29 is 27.5 Å². The number of morpholine rings is 1. The van der Waals surface area contributed by atoms with E-state index in [9.17, 15) is 22.8 Å². The first-order valence-corrected chi connectivity index (χ1v) is 11.7. The minimum Gasteiger partial charge on any atom is -0.495 e. The normalized spacial score (nSPS) is 14.6. The van der Waals surface area contributed by atoms with Gasteiger partial charge in [-0.15, -0.1) is 0 Å². The van der Waals surface area contributed by atoms with Crippen LogP contribution in [0.5, 0.6) is 5.75 Å². The summed E-state index contributed by atoms with van der Waals surface area (Å²) in [6.45, 7) is 1.02. The summed E-state index contributed by atoms with van der Waals surface area (Å²) in [7, 11) is -2.44. The molecule has 4 N–H and O–H groups in total. The third-order valence-corrected chi connectivity index (χ3v) is 7.29. The number of aromatic amines is 1. The van der Waals surface area contributed by atoms with E-state index in [1.807, 2.05) is 0 Å². The quantitative estimate of drug-likeness (QED) is 0.466. The minimum atomic E-state index is -3.83. The van der Waals surface area contributed by atoms with Crippen LogP contribution in [0.25, 0.3) is 10.9 Å². The molecule has 2 aromatic carbocycles. The van der Waals surface area contributed by atoms with E-state index >= 15 is 0 Å². The molecule has 0 atom stereocenters. The van der Waals surface area contributed by atoms with Gasteiger partial charge in [-0.25, -0.2) is 8.42 Å². The number of H-pyrrole nitrogens is 1. The van der Waals surface area contributed by atoms with Crippen molar-refractivity contribution in [1.82, 2.24) is 9.29 Å². The largest absolute Gasteiger partial charge is 0.495 e. The molecule has 0 bridgehead atoms. The highest BCUT2D eigenvalue weighted by Gasteiger charge is 2.27. The Morgan fingerprint density at radius 3 is 2.53 bits per heavy atom. The van der Waals surface area contributed by atoms with Crippen LogP contribution in [0.4, 0.5) is 5.69 Å². The van der Waals surface area contributed by atoms with E-state index in [1.165, 1.54) is 47.8 Å². The van der Waals surface area contributed by atoms with Crippen molar-refractivity contribution in [1.29, 1.82) is 0 Å². The number of amides is 2. The van der Waals surface area contributed by atoms with Crippen LogP contribution in [0.3, 0.4) is 0 Å². The molecule has 4 rings (SSSR count). The van der Waals surface area contributed by atoms with Gasteiger partial charge in [0, 0.05) is 35.6 Å². The Morgan fingerprint density at radius 1 is 1.12 bits per heavy atom. The second kappa shape index (κ2) is 9.25. The zero-order valence-corrected chi connectivity index (χ0v) is 19.0. The molecule has 2 heterocycles. The maximum atomic E-state index is 13.2. The molecule has 12 heteroatoms. The minimum absolute atomic E-state index is 0.0173. The number of methoxy groups -OCH3 is 1. The van der Waals surface area contributed by atoms with Crippen molar-refractivity contribution in [3.05, 3.63) is 63.9 Å². The number of pyridine rings is 1. The zero-order valence-electron chi connectivity index (χ0n) is 18.2. The number of carbonyl (C=O) groups excluding carboxylic acids is 2. The van der Waals surface area contributed by atoms with E-state index in [0.717, 1.165) is 6.07 Å². The summed E-state index contributed by atoms with van der Waals surface area (Å²) in [6.07, 6.45) is 0. The van der Waals surface area contributed by atoms with Crippen molar-refractivity contribution in [3.63, 3.8) is 0 Å². The Labute approximate surface area is 194 Å². The van der Waals surface area contributed by atoms with Crippen LogP contribution in [-0.4, -0.2) is 62.9 Å². The van der Waals surface area contributed by atoms with Gasteiger partial charge in [-0.3, -0.25) is 14.4 Å². The van der Waals surface area contributed by atoms with E-state index in [1.54, 1.807) is 0 Å². The molecular formula is C22H22N4O7S. The summed E-state index contributed by atoms with van der Waals surface area (Å²) in [5.74, 6) is -1.13. The Kier molecular flexibility index (Phi) is 6.37. The molecule has 1 aliphatic rings. The van der Waals surface area contributed by atoms with Crippen LogP contribution in [0.1, 0.15) is 20.7 Å². The first-order chi connectivity index (χ1) is 16.2. The summed E-state index contributed by atoms with van der Waals surface area (Å²) in [6, 6.07) is 9.51. The third kappa shape index (κ3) is 4.51. The zero-order chi connectivity index (χ0) is 24.5. The van der Waals surface area contributed by atoms with Crippen LogP contribution in [-0.2, 0) is 14.8 Å². The number of sulfonamides is 1. The Bertz CT molecular complexity index is 1440. The standard InChI is InChI=1S/C22H22N4O7S/c1-32-19-5-2-13(21(23)28)10-18(19)25-22(29)16-12-20(27)24-17-4-3-14(11-15(16)17)34(30,31)26-6-8-33-9-7-26/h2-5,10-12H,6-9H2,1H3,(H2,23,28)(H,24,27)(H,25,29). The van der Waals surface area contributed by atoms with Crippen molar-refractivity contribution >= 4 is 38.4 Å². The van der Waals surface area contributed by atoms with Gasteiger partial charge in [0.2, 0.25) is 21.5 Å². The predicted molar refractivity (Wildman–Crippen MR) is 124 cm³/mol. The van der Waals surface area contributed by atoms with E-state index in [4.69, 9.17) is 15.2 Å². The lowest BCUT2D eigenvalue weighted by molar-refractivity contribution is 0.0730. The lowest BCUT2D eigenvalue weighted by Crippen LogP contribution is -2.40. The van der Waals surface area contributed by atoms with Crippen molar-refractivity contribution in [3.8, 4) is 5.75 Å². The molecule has 11 nitrogen and oxygen atoms in total. The smallest absolute Gasteiger partial charge is 0.256 e. The fraction of sp³-hybridized carbons (Fsp3) is 0.227. The van der Waals surface area contributed by atoms with Crippen LogP contribution in [0.2, 0.25) is 0 Å². The van der Waals surface area contributed by atoms with Gasteiger partial charge in [0.05, 0.1) is 36.5 Å². The van der Waals surface area contributed by atoms with Gasteiger partial charge in [0.15, 0.2) is 0 Å². The number of anilines is 1. The van der Waals surface area contributed by atoms with Crippen LogP contribution in [0.15, 0.2) is 52.2 Å². The summed E-state index contributed by atoms with van der Waals surface area (Å²) < 4.78 is 37.9. The number of nitrogens with one attached hydrogen (secondary N) is 2. The van der Waals surface area contributed by atoms with Crippen molar-refractivity contribution in [2.45, 2.75) is 4.90 Å². The molecule has 0 radical (unpaired) electrons. The van der Waals surface area contributed by atoms with E-state index in [-0.39, 0.29) is 51.5 Å². The highest BCUT2D eigenvalue weighted by Crippen LogP contribution is 2.28.